The molecular formula is C12H12BrN3O. The van der Waals surface area contributed by atoms with Crippen LogP contribution in [0, 0.1) is 17.2 Å². The second-order valence-electron chi connectivity index (χ2n) is 4.04. The van der Waals surface area contributed by atoms with Crippen molar-refractivity contribution in [2.75, 3.05) is 13.1 Å². The Morgan fingerprint density at radius 3 is 2.76 bits per heavy atom. The molecule has 5 heteroatoms. The number of amides is 1. The van der Waals surface area contributed by atoms with Crippen LogP contribution in [0.25, 0.3) is 0 Å². The SMILES string of the molecule is N#CC1CCN(C(=O)c2cccc(Br)n2)CC1. The Kier molecular flexibility index (Phi) is 3.75. The normalized spacial score (nSPS) is 16.6. The summed E-state index contributed by atoms with van der Waals surface area (Å²) in [7, 11) is 0. The number of nitriles is 1. The van der Waals surface area contributed by atoms with E-state index in [4.69, 9.17) is 5.26 Å². The molecule has 1 aliphatic rings. The van der Waals surface area contributed by atoms with Crippen LogP contribution in [0.4, 0.5) is 0 Å². The van der Waals surface area contributed by atoms with Crippen molar-refractivity contribution in [3.8, 4) is 6.07 Å². The molecule has 1 aliphatic heterocycles. The summed E-state index contributed by atoms with van der Waals surface area (Å²) in [6.07, 6.45) is 1.52. The van der Waals surface area contributed by atoms with Gasteiger partial charge in [-0.05, 0) is 40.9 Å². The second-order valence-corrected chi connectivity index (χ2v) is 4.85. The van der Waals surface area contributed by atoms with Gasteiger partial charge in [-0.1, -0.05) is 6.07 Å². The molecule has 0 radical (unpaired) electrons. The number of carbonyl (C=O) groups excluding carboxylic acids is 1. The van der Waals surface area contributed by atoms with Crippen LogP contribution in [0.3, 0.4) is 0 Å². The highest BCUT2D eigenvalue weighted by molar-refractivity contribution is 9.10. The topological polar surface area (TPSA) is 57.0 Å². The average molecular weight is 294 g/mol. The number of nitrogens with zero attached hydrogens (tertiary/aromatic N) is 3. The Bertz CT molecular complexity index is 461. The van der Waals surface area contributed by atoms with Crippen LogP contribution in [0.2, 0.25) is 0 Å². The fourth-order valence-electron chi connectivity index (χ4n) is 1.90. The zero-order valence-electron chi connectivity index (χ0n) is 9.27. The third kappa shape index (κ3) is 2.83. The number of piperidine rings is 1. The molecule has 1 aromatic rings. The Balaban J connectivity index is 2.05. The molecule has 0 aliphatic carbocycles. The van der Waals surface area contributed by atoms with E-state index in [2.05, 4.69) is 27.0 Å². The summed E-state index contributed by atoms with van der Waals surface area (Å²) >= 11 is 3.25. The molecule has 17 heavy (non-hydrogen) atoms. The van der Waals surface area contributed by atoms with Crippen LogP contribution in [0.5, 0.6) is 0 Å². The molecule has 0 atom stereocenters. The number of likely N-dealkylation sites (tertiary alicyclic amines) is 1. The molecule has 1 amide bonds. The summed E-state index contributed by atoms with van der Waals surface area (Å²) in [4.78, 5) is 18.0. The molecule has 0 saturated carbocycles. The monoisotopic (exact) mass is 293 g/mol. The smallest absolute Gasteiger partial charge is 0.272 e. The van der Waals surface area contributed by atoms with Crippen molar-refractivity contribution >= 4 is 21.8 Å². The van der Waals surface area contributed by atoms with E-state index < -0.39 is 0 Å². The van der Waals surface area contributed by atoms with Gasteiger partial charge in [0, 0.05) is 19.0 Å². The van der Waals surface area contributed by atoms with Gasteiger partial charge in [0.05, 0.1) is 6.07 Å². The van der Waals surface area contributed by atoms with E-state index in [-0.39, 0.29) is 11.8 Å². The third-order valence-electron chi connectivity index (χ3n) is 2.90. The van der Waals surface area contributed by atoms with Crippen LogP contribution in [-0.2, 0) is 0 Å². The van der Waals surface area contributed by atoms with Crippen molar-refractivity contribution in [2.24, 2.45) is 5.92 Å². The fraction of sp³-hybridized carbons (Fsp3) is 0.417. The highest BCUT2D eigenvalue weighted by atomic mass is 79.9. The van der Waals surface area contributed by atoms with Crippen molar-refractivity contribution in [3.05, 3.63) is 28.5 Å². The first-order valence-corrected chi connectivity index (χ1v) is 6.31. The number of carbonyl (C=O) groups is 1. The predicted octanol–water partition coefficient (Wildman–Crippen LogP) is 2.22. The van der Waals surface area contributed by atoms with Gasteiger partial charge in [-0.3, -0.25) is 4.79 Å². The molecule has 1 aromatic heterocycles. The molecule has 0 aromatic carbocycles. The van der Waals surface area contributed by atoms with Gasteiger partial charge in [0.25, 0.3) is 5.91 Å². The Hall–Kier alpha value is -1.41. The van der Waals surface area contributed by atoms with Crippen LogP contribution in [0.15, 0.2) is 22.8 Å². The lowest BCUT2D eigenvalue weighted by Gasteiger charge is -2.28. The maximum atomic E-state index is 12.1. The van der Waals surface area contributed by atoms with Gasteiger partial charge in [-0.25, -0.2) is 4.98 Å². The van der Waals surface area contributed by atoms with E-state index in [0.29, 0.717) is 23.4 Å². The van der Waals surface area contributed by atoms with E-state index in [9.17, 15) is 4.79 Å². The first kappa shape index (κ1) is 12.1. The van der Waals surface area contributed by atoms with Crippen LogP contribution in [-0.4, -0.2) is 28.9 Å². The minimum Gasteiger partial charge on any atom is -0.337 e. The number of aromatic nitrogens is 1. The van der Waals surface area contributed by atoms with Crippen molar-refractivity contribution in [3.63, 3.8) is 0 Å². The summed E-state index contributed by atoms with van der Waals surface area (Å²) in [5.74, 6) is 0.0391. The number of rotatable bonds is 1. The number of hydrogen-bond donors (Lipinski definition) is 0. The van der Waals surface area contributed by atoms with Crippen LogP contribution >= 0.6 is 15.9 Å². The lowest BCUT2D eigenvalue weighted by molar-refractivity contribution is 0.0701. The highest BCUT2D eigenvalue weighted by Crippen LogP contribution is 2.18. The quantitative estimate of drug-likeness (QED) is 0.746. The summed E-state index contributed by atoms with van der Waals surface area (Å²) in [5.41, 5.74) is 0.454. The minimum atomic E-state index is -0.0531. The van der Waals surface area contributed by atoms with Gasteiger partial charge in [0.2, 0.25) is 0 Å². The molecule has 2 heterocycles. The van der Waals surface area contributed by atoms with Gasteiger partial charge in [-0.15, -0.1) is 0 Å². The highest BCUT2D eigenvalue weighted by Gasteiger charge is 2.23. The largest absolute Gasteiger partial charge is 0.337 e. The van der Waals surface area contributed by atoms with E-state index in [1.54, 1.807) is 23.1 Å². The average Bonchev–Trinajstić information content (AvgIpc) is 2.38. The van der Waals surface area contributed by atoms with Gasteiger partial charge in [0.15, 0.2) is 0 Å². The molecule has 2 rings (SSSR count). The molecule has 1 saturated heterocycles. The van der Waals surface area contributed by atoms with Crippen molar-refractivity contribution in [1.82, 2.24) is 9.88 Å². The molecule has 0 N–H and O–H groups in total. The molecular weight excluding hydrogens is 282 g/mol. The molecule has 88 valence electrons. The van der Waals surface area contributed by atoms with E-state index in [1.165, 1.54) is 0 Å². The van der Waals surface area contributed by atoms with Crippen molar-refractivity contribution in [1.29, 1.82) is 5.26 Å². The number of hydrogen-bond acceptors (Lipinski definition) is 3. The summed E-state index contributed by atoms with van der Waals surface area (Å²) in [6, 6.07) is 7.55. The van der Waals surface area contributed by atoms with Gasteiger partial charge in [-0.2, -0.15) is 5.26 Å². The van der Waals surface area contributed by atoms with E-state index >= 15 is 0 Å². The molecule has 1 fully saturated rings. The minimum absolute atomic E-state index is 0.0531. The van der Waals surface area contributed by atoms with Gasteiger partial charge >= 0.3 is 0 Å². The predicted molar refractivity (Wildman–Crippen MR) is 66.2 cm³/mol. The van der Waals surface area contributed by atoms with Crippen LogP contribution < -0.4 is 0 Å². The standard InChI is InChI=1S/C12H12BrN3O/c13-11-3-1-2-10(15-11)12(17)16-6-4-9(8-14)5-7-16/h1-3,9H,4-7H2. The number of halogens is 1. The Morgan fingerprint density at radius 2 is 2.18 bits per heavy atom. The zero-order chi connectivity index (χ0) is 12.3. The molecule has 0 bridgehead atoms. The van der Waals surface area contributed by atoms with Crippen molar-refractivity contribution in [2.45, 2.75) is 12.8 Å². The van der Waals surface area contributed by atoms with Gasteiger partial charge < -0.3 is 4.90 Å². The zero-order valence-corrected chi connectivity index (χ0v) is 10.9. The van der Waals surface area contributed by atoms with Gasteiger partial charge in [0.1, 0.15) is 10.3 Å². The maximum Gasteiger partial charge on any atom is 0.272 e. The summed E-state index contributed by atoms with van der Waals surface area (Å²) in [5, 5.41) is 8.80. The lowest BCUT2D eigenvalue weighted by Crippen LogP contribution is -2.38. The molecule has 0 spiro atoms. The van der Waals surface area contributed by atoms with E-state index in [1.807, 2.05) is 0 Å². The Morgan fingerprint density at radius 1 is 1.47 bits per heavy atom. The maximum absolute atomic E-state index is 12.1. The third-order valence-corrected chi connectivity index (χ3v) is 3.34. The summed E-state index contributed by atoms with van der Waals surface area (Å²) in [6.45, 7) is 1.29. The summed E-state index contributed by atoms with van der Waals surface area (Å²) < 4.78 is 0.662. The first-order chi connectivity index (χ1) is 8.20. The van der Waals surface area contributed by atoms with Crippen LogP contribution in [0.1, 0.15) is 23.3 Å². The first-order valence-electron chi connectivity index (χ1n) is 5.52. The Labute approximate surface area is 108 Å². The van der Waals surface area contributed by atoms with Crippen molar-refractivity contribution < 1.29 is 4.79 Å². The fourth-order valence-corrected chi connectivity index (χ4v) is 2.24. The second kappa shape index (κ2) is 5.28. The number of pyridine rings is 1. The van der Waals surface area contributed by atoms with E-state index in [0.717, 1.165) is 12.8 Å². The molecule has 0 unspecified atom stereocenters. The lowest BCUT2D eigenvalue weighted by atomic mass is 9.98. The molecule has 4 nitrogen and oxygen atoms in total.